The maximum atomic E-state index is 12.9. The Morgan fingerprint density at radius 2 is 1.68 bits per heavy atom. The third kappa shape index (κ3) is 4.58. The minimum Gasteiger partial charge on any atom is -0.345 e. The van der Waals surface area contributed by atoms with Crippen molar-refractivity contribution in [1.82, 2.24) is 15.5 Å². The van der Waals surface area contributed by atoms with E-state index in [1.54, 1.807) is 25.1 Å². The zero-order valence-corrected chi connectivity index (χ0v) is 18.0. The summed E-state index contributed by atoms with van der Waals surface area (Å²) in [6.45, 7) is 6.62. The van der Waals surface area contributed by atoms with Crippen molar-refractivity contribution in [1.29, 1.82) is 0 Å². The summed E-state index contributed by atoms with van der Waals surface area (Å²) in [7, 11) is 0. The number of carbonyl (C=O) groups is 4. The van der Waals surface area contributed by atoms with Crippen LogP contribution in [0.5, 0.6) is 0 Å². The lowest BCUT2D eigenvalue weighted by atomic mass is 9.91. The van der Waals surface area contributed by atoms with Gasteiger partial charge in [0.15, 0.2) is 0 Å². The molecule has 0 aromatic heterocycles. The first kappa shape index (κ1) is 22.0. The topological polar surface area (TPSA) is 108 Å². The van der Waals surface area contributed by atoms with E-state index in [9.17, 15) is 19.2 Å². The molecule has 1 aliphatic heterocycles. The molecular weight excluding hydrogens is 396 g/mol. The minimum absolute atomic E-state index is 0.273. The molecule has 1 saturated heterocycles. The lowest BCUT2D eigenvalue weighted by molar-refractivity contribution is -0.135. The van der Waals surface area contributed by atoms with Crippen molar-refractivity contribution < 1.29 is 19.2 Å². The van der Waals surface area contributed by atoms with Gasteiger partial charge in [-0.25, -0.2) is 4.79 Å². The Balaban J connectivity index is 1.58. The van der Waals surface area contributed by atoms with Crippen LogP contribution in [0.3, 0.4) is 0 Å². The van der Waals surface area contributed by atoms with Gasteiger partial charge in [-0.05, 0) is 50.5 Å². The maximum Gasteiger partial charge on any atom is 0.325 e. The highest BCUT2D eigenvalue weighted by atomic mass is 16.2. The van der Waals surface area contributed by atoms with Crippen molar-refractivity contribution in [3.05, 3.63) is 64.7 Å². The van der Waals surface area contributed by atoms with Crippen LogP contribution in [0, 0.1) is 20.8 Å². The minimum atomic E-state index is -1.24. The number of hydrogen-bond donors (Lipinski definition) is 3. The molecule has 1 heterocycles. The van der Waals surface area contributed by atoms with E-state index in [4.69, 9.17) is 0 Å². The number of rotatable bonds is 6. The number of amides is 5. The van der Waals surface area contributed by atoms with Crippen LogP contribution < -0.4 is 16.0 Å². The fraction of sp³-hybridized carbons (Fsp3) is 0.304. The SMILES string of the molecule is Cc1ccc([C@@]2(C)NC(=O)N(CC(=O)NCC(=O)Nc3cccc(C)c3C)C2=O)cc1. The van der Waals surface area contributed by atoms with Gasteiger partial charge >= 0.3 is 6.03 Å². The smallest absolute Gasteiger partial charge is 0.325 e. The first-order valence-electron chi connectivity index (χ1n) is 9.96. The van der Waals surface area contributed by atoms with Gasteiger partial charge in [-0.3, -0.25) is 19.3 Å². The fourth-order valence-corrected chi connectivity index (χ4v) is 3.38. The number of anilines is 1. The first-order chi connectivity index (χ1) is 14.6. The van der Waals surface area contributed by atoms with E-state index in [0.29, 0.717) is 11.3 Å². The quantitative estimate of drug-likeness (QED) is 0.620. The molecule has 1 aliphatic rings. The predicted octanol–water partition coefficient (Wildman–Crippen LogP) is 2.13. The van der Waals surface area contributed by atoms with Gasteiger partial charge < -0.3 is 16.0 Å². The third-order valence-corrected chi connectivity index (χ3v) is 5.53. The summed E-state index contributed by atoms with van der Waals surface area (Å²) < 4.78 is 0. The zero-order valence-electron chi connectivity index (χ0n) is 18.0. The van der Waals surface area contributed by atoms with Gasteiger partial charge in [-0.1, -0.05) is 42.0 Å². The van der Waals surface area contributed by atoms with Crippen molar-refractivity contribution in [2.45, 2.75) is 33.2 Å². The highest BCUT2D eigenvalue weighted by Crippen LogP contribution is 2.28. The second-order valence-electron chi connectivity index (χ2n) is 7.88. The molecule has 2 aromatic carbocycles. The first-order valence-corrected chi connectivity index (χ1v) is 9.96. The van der Waals surface area contributed by atoms with Gasteiger partial charge in [0.05, 0.1) is 6.54 Å². The highest BCUT2D eigenvalue weighted by Gasteiger charge is 2.49. The Morgan fingerprint density at radius 1 is 1.00 bits per heavy atom. The molecule has 0 saturated carbocycles. The number of benzene rings is 2. The van der Waals surface area contributed by atoms with Crippen LogP contribution in [0.15, 0.2) is 42.5 Å². The zero-order chi connectivity index (χ0) is 22.8. The summed E-state index contributed by atoms with van der Waals surface area (Å²) in [4.78, 5) is 50.6. The normalized spacial score (nSPS) is 18.0. The standard InChI is InChI=1S/C23H26N4O4/c1-14-8-10-17(11-9-14)23(4)21(30)27(22(31)26-23)13-20(29)24-12-19(28)25-18-7-5-6-15(2)16(18)3/h5-11H,12-13H2,1-4H3,(H,24,29)(H,25,28)(H,26,31)/t23-/m1/s1. The Labute approximate surface area is 181 Å². The molecule has 1 fully saturated rings. The molecule has 5 amide bonds. The van der Waals surface area contributed by atoms with Gasteiger partial charge in [0, 0.05) is 5.69 Å². The summed E-state index contributed by atoms with van der Waals surface area (Å²) >= 11 is 0. The molecule has 162 valence electrons. The number of urea groups is 1. The average molecular weight is 422 g/mol. The molecule has 31 heavy (non-hydrogen) atoms. The van der Waals surface area contributed by atoms with Crippen LogP contribution in [-0.2, 0) is 19.9 Å². The van der Waals surface area contributed by atoms with Crippen LogP contribution in [0.2, 0.25) is 0 Å². The number of imide groups is 1. The molecule has 3 N–H and O–H groups in total. The van der Waals surface area contributed by atoms with E-state index in [2.05, 4.69) is 16.0 Å². The lowest BCUT2D eigenvalue weighted by Crippen LogP contribution is -2.44. The van der Waals surface area contributed by atoms with E-state index in [0.717, 1.165) is 21.6 Å². The van der Waals surface area contributed by atoms with Gasteiger partial charge in [-0.2, -0.15) is 0 Å². The number of nitrogens with zero attached hydrogens (tertiary/aromatic N) is 1. The molecule has 3 rings (SSSR count). The summed E-state index contributed by atoms with van der Waals surface area (Å²) in [6.07, 6.45) is 0. The van der Waals surface area contributed by atoms with Gasteiger partial charge in [-0.15, -0.1) is 0 Å². The molecule has 8 nitrogen and oxygen atoms in total. The third-order valence-electron chi connectivity index (χ3n) is 5.53. The fourth-order valence-electron chi connectivity index (χ4n) is 3.38. The van der Waals surface area contributed by atoms with Crippen molar-refractivity contribution in [3.63, 3.8) is 0 Å². The predicted molar refractivity (Wildman–Crippen MR) is 116 cm³/mol. The summed E-state index contributed by atoms with van der Waals surface area (Å²) in [5.41, 5.74) is 3.06. The molecule has 0 bridgehead atoms. The largest absolute Gasteiger partial charge is 0.345 e. The molecule has 1 atom stereocenters. The molecule has 0 spiro atoms. The van der Waals surface area contributed by atoms with E-state index >= 15 is 0 Å². The molecule has 0 unspecified atom stereocenters. The van der Waals surface area contributed by atoms with Crippen LogP contribution >= 0.6 is 0 Å². The van der Waals surface area contributed by atoms with Crippen LogP contribution in [-0.4, -0.2) is 41.7 Å². The molecule has 8 heteroatoms. The van der Waals surface area contributed by atoms with Crippen molar-refractivity contribution >= 4 is 29.4 Å². The summed E-state index contributed by atoms with van der Waals surface area (Å²) in [5.74, 6) is -1.52. The van der Waals surface area contributed by atoms with E-state index < -0.39 is 35.8 Å². The highest BCUT2D eigenvalue weighted by molar-refractivity contribution is 6.09. The number of aryl methyl sites for hydroxylation is 2. The Morgan fingerprint density at radius 3 is 2.35 bits per heavy atom. The van der Waals surface area contributed by atoms with E-state index in [1.807, 2.05) is 45.0 Å². The Kier molecular flexibility index (Phi) is 6.10. The van der Waals surface area contributed by atoms with Crippen molar-refractivity contribution in [3.8, 4) is 0 Å². The number of hydrogen-bond acceptors (Lipinski definition) is 4. The average Bonchev–Trinajstić information content (AvgIpc) is 2.94. The lowest BCUT2D eigenvalue weighted by Gasteiger charge is -2.22. The molecular formula is C23H26N4O4. The van der Waals surface area contributed by atoms with Crippen molar-refractivity contribution in [2.24, 2.45) is 0 Å². The van der Waals surface area contributed by atoms with Crippen LogP contribution in [0.25, 0.3) is 0 Å². The van der Waals surface area contributed by atoms with Crippen LogP contribution in [0.1, 0.15) is 29.2 Å². The Hall–Kier alpha value is -3.68. The van der Waals surface area contributed by atoms with Gasteiger partial charge in [0.25, 0.3) is 5.91 Å². The maximum absolute atomic E-state index is 12.9. The van der Waals surface area contributed by atoms with E-state index in [1.165, 1.54) is 0 Å². The number of nitrogens with one attached hydrogen (secondary N) is 3. The second kappa shape index (κ2) is 8.59. The van der Waals surface area contributed by atoms with E-state index in [-0.39, 0.29) is 6.54 Å². The summed E-state index contributed by atoms with van der Waals surface area (Å²) in [5, 5.41) is 7.86. The van der Waals surface area contributed by atoms with Gasteiger partial charge in [0.1, 0.15) is 12.1 Å². The monoisotopic (exact) mass is 422 g/mol. The number of carbonyl (C=O) groups excluding carboxylic acids is 4. The summed E-state index contributed by atoms with van der Waals surface area (Å²) in [6, 6.07) is 12.1. The van der Waals surface area contributed by atoms with Crippen LogP contribution in [0.4, 0.5) is 10.5 Å². The molecule has 2 aromatic rings. The van der Waals surface area contributed by atoms with Crippen molar-refractivity contribution in [2.75, 3.05) is 18.4 Å². The van der Waals surface area contributed by atoms with Gasteiger partial charge in [0.2, 0.25) is 11.8 Å². The molecule has 0 aliphatic carbocycles. The second-order valence-corrected chi connectivity index (χ2v) is 7.88. The Bertz CT molecular complexity index is 1050. The molecule has 0 radical (unpaired) electrons.